The highest BCUT2D eigenvalue weighted by Gasteiger charge is 2.16. The van der Waals surface area contributed by atoms with E-state index in [1.165, 1.54) is 0 Å². The molecule has 0 rings (SSSR count). The zero-order chi connectivity index (χ0) is 11.4. The van der Waals surface area contributed by atoms with Gasteiger partial charge in [0.1, 0.15) is 0 Å². The van der Waals surface area contributed by atoms with Crippen molar-refractivity contribution < 1.29 is 4.74 Å². The topological polar surface area (TPSA) is 28.1 Å². The van der Waals surface area contributed by atoms with E-state index in [4.69, 9.17) is 4.74 Å². The second-order valence-corrected chi connectivity index (χ2v) is 4.37. The van der Waals surface area contributed by atoms with Crippen LogP contribution in [-0.2, 0) is 4.74 Å². The van der Waals surface area contributed by atoms with Crippen molar-refractivity contribution in [3.8, 4) is 0 Å². The van der Waals surface area contributed by atoms with Crippen LogP contribution in [0.15, 0.2) is 4.99 Å². The second-order valence-electron chi connectivity index (χ2n) is 4.37. The van der Waals surface area contributed by atoms with E-state index in [0.717, 1.165) is 5.96 Å². The Morgan fingerprint density at radius 1 is 1.14 bits per heavy atom. The first-order valence-electron chi connectivity index (χ1n) is 4.74. The lowest BCUT2D eigenvalue weighted by atomic mass is 10.1. The number of aliphatic imine (C=N–C) groups is 1. The fourth-order valence-corrected chi connectivity index (χ4v) is 1.01. The maximum absolute atomic E-state index is 5.30. The molecule has 0 fully saturated rings. The number of ether oxygens (including phenoxy) is 1. The second kappa shape index (κ2) is 5.20. The zero-order valence-electron chi connectivity index (χ0n) is 10.5. The maximum atomic E-state index is 5.30. The van der Waals surface area contributed by atoms with Gasteiger partial charge in [0.2, 0.25) is 0 Å². The summed E-state index contributed by atoms with van der Waals surface area (Å²) in [5.74, 6) is 0.954. The minimum atomic E-state index is -0.197. The monoisotopic (exact) mass is 201 g/mol. The van der Waals surface area contributed by atoms with Crippen molar-refractivity contribution in [3.05, 3.63) is 0 Å². The van der Waals surface area contributed by atoms with Crippen molar-refractivity contribution in [2.45, 2.75) is 19.4 Å². The summed E-state index contributed by atoms with van der Waals surface area (Å²) in [6, 6.07) is 0. The number of hydrogen-bond donors (Lipinski definition) is 0. The molecule has 0 bridgehead atoms. The highest BCUT2D eigenvalue weighted by molar-refractivity contribution is 5.79. The lowest BCUT2D eigenvalue weighted by Gasteiger charge is -2.26. The Balaban J connectivity index is 4.46. The van der Waals surface area contributed by atoms with E-state index >= 15 is 0 Å². The molecule has 0 saturated carbocycles. The highest BCUT2D eigenvalue weighted by atomic mass is 16.5. The van der Waals surface area contributed by atoms with Crippen molar-refractivity contribution in [2.75, 3.05) is 41.8 Å². The van der Waals surface area contributed by atoms with Crippen LogP contribution in [0, 0.1) is 0 Å². The summed E-state index contributed by atoms with van der Waals surface area (Å²) in [7, 11) is 9.65. The third-order valence-electron chi connectivity index (χ3n) is 1.95. The maximum Gasteiger partial charge on any atom is 0.195 e. The zero-order valence-corrected chi connectivity index (χ0v) is 10.5. The first-order valence-corrected chi connectivity index (χ1v) is 4.74. The normalized spacial score (nSPS) is 11.1. The number of rotatable bonds is 3. The van der Waals surface area contributed by atoms with Gasteiger partial charge in [0, 0.05) is 35.3 Å². The fraction of sp³-hybridized carbons (Fsp3) is 0.900. The quantitative estimate of drug-likeness (QED) is 0.501. The molecule has 4 heteroatoms. The van der Waals surface area contributed by atoms with Crippen LogP contribution in [-0.4, -0.2) is 63.2 Å². The Bertz CT molecular complexity index is 188. The fourth-order valence-electron chi connectivity index (χ4n) is 1.01. The summed E-state index contributed by atoms with van der Waals surface area (Å²) in [5, 5.41) is 0. The Hall–Kier alpha value is -0.770. The van der Waals surface area contributed by atoms with Crippen molar-refractivity contribution in [1.82, 2.24) is 9.80 Å². The Morgan fingerprint density at radius 3 is 1.86 bits per heavy atom. The molecule has 0 unspecified atom stereocenters. The molecule has 0 saturated heterocycles. The van der Waals surface area contributed by atoms with E-state index in [1.54, 1.807) is 7.11 Å². The molecular weight excluding hydrogens is 178 g/mol. The molecule has 0 N–H and O–H groups in total. The van der Waals surface area contributed by atoms with Gasteiger partial charge < -0.3 is 14.5 Å². The van der Waals surface area contributed by atoms with Gasteiger partial charge in [-0.15, -0.1) is 0 Å². The molecule has 0 spiro atoms. The summed E-state index contributed by atoms with van der Waals surface area (Å²) in [6.45, 7) is 4.72. The van der Waals surface area contributed by atoms with Crippen LogP contribution >= 0.6 is 0 Å². The van der Waals surface area contributed by atoms with Crippen LogP contribution in [0.2, 0.25) is 0 Å². The molecule has 14 heavy (non-hydrogen) atoms. The SMILES string of the molecule is COC(C)(C)CN=C(N(C)C)N(C)C. The Labute approximate surface area is 87.6 Å². The molecule has 0 radical (unpaired) electrons. The van der Waals surface area contributed by atoms with Crippen molar-refractivity contribution in [2.24, 2.45) is 4.99 Å². The van der Waals surface area contributed by atoms with E-state index in [-0.39, 0.29) is 5.60 Å². The number of hydrogen-bond acceptors (Lipinski definition) is 2. The van der Waals surface area contributed by atoms with E-state index < -0.39 is 0 Å². The molecule has 0 amide bonds. The molecule has 0 aliphatic rings. The van der Waals surface area contributed by atoms with Gasteiger partial charge in [0.15, 0.2) is 5.96 Å². The third-order valence-corrected chi connectivity index (χ3v) is 1.95. The Morgan fingerprint density at radius 2 is 1.57 bits per heavy atom. The first-order chi connectivity index (χ1) is 6.30. The van der Waals surface area contributed by atoms with Gasteiger partial charge in [-0.3, -0.25) is 0 Å². The smallest absolute Gasteiger partial charge is 0.195 e. The van der Waals surface area contributed by atoms with Gasteiger partial charge in [0.05, 0.1) is 12.1 Å². The number of nitrogens with zero attached hydrogens (tertiary/aromatic N) is 3. The predicted octanol–water partition coefficient (Wildman–Crippen LogP) is 0.891. The summed E-state index contributed by atoms with van der Waals surface area (Å²) in [5.41, 5.74) is -0.197. The first kappa shape index (κ1) is 13.2. The van der Waals surface area contributed by atoms with Crippen molar-refractivity contribution in [1.29, 1.82) is 0 Å². The molecule has 0 aromatic carbocycles. The molecule has 0 atom stereocenters. The van der Waals surface area contributed by atoms with Gasteiger partial charge in [-0.25, -0.2) is 4.99 Å². The molecule has 0 aromatic heterocycles. The minimum Gasteiger partial charge on any atom is -0.377 e. The Kier molecular flexibility index (Phi) is 4.91. The lowest BCUT2D eigenvalue weighted by molar-refractivity contribution is 0.0308. The number of guanidine groups is 1. The van der Waals surface area contributed by atoms with Crippen LogP contribution in [0.25, 0.3) is 0 Å². The average molecular weight is 201 g/mol. The molecule has 0 heterocycles. The van der Waals surface area contributed by atoms with Crippen LogP contribution in [0.4, 0.5) is 0 Å². The molecule has 84 valence electrons. The van der Waals surface area contributed by atoms with Gasteiger partial charge in [0.25, 0.3) is 0 Å². The standard InChI is InChI=1S/C10H23N3O/c1-10(2,14-7)8-11-9(12(3)4)13(5)6/h8H2,1-7H3. The van der Waals surface area contributed by atoms with E-state index in [9.17, 15) is 0 Å². The summed E-state index contributed by atoms with van der Waals surface area (Å²) >= 11 is 0. The summed E-state index contributed by atoms with van der Waals surface area (Å²) in [6.07, 6.45) is 0. The minimum absolute atomic E-state index is 0.197. The van der Waals surface area contributed by atoms with E-state index in [1.807, 2.05) is 51.8 Å². The van der Waals surface area contributed by atoms with Gasteiger partial charge in [-0.1, -0.05) is 0 Å². The van der Waals surface area contributed by atoms with E-state index in [2.05, 4.69) is 4.99 Å². The molecule has 0 aliphatic carbocycles. The highest BCUT2D eigenvalue weighted by Crippen LogP contribution is 2.07. The van der Waals surface area contributed by atoms with Gasteiger partial charge in [-0.05, 0) is 13.8 Å². The van der Waals surface area contributed by atoms with Crippen LogP contribution in [0.5, 0.6) is 0 Å². The molecule has 4 nitrogen and oxygen atoms in total. The van der Waals surface area contributed by atoms with Crippen LogP contribution in [0.3, 0.4) is 0 Å². The molecule has 0 aliphatic heterocycles. The van der Waals surface area contributed by atoms with Crippen molar-refractivity contribution >= 4 is 5.96 Å². The van der Waals surface area contributed by atoms with Crippen molar-refractivity contribution in [3.63, 3.8) is 0 Å². The molecular formula is C10H23N3O. The van der Waals surface area contributed by atoms with Gasteiger partial charge >= 0.3 is 0 Å². The average Bonchev–Trinajstić information content (AvgIpc) is 2.03. The third kappa shape index (κ3) is 4.46. The van der Waals surface area contributed by atoms with E-state index in [0.29, 0.717) is 6.54 Å². The lowest BCUT2D eigenvalue weighted by Crippen LogP contribution is -2.37. The van der Waals surface area contributed by atoms with Gasteiger partial charge in [-0.2, -0.15) is 0 Å². The molecule has 0 aromatic rings. The van der Waals surface area contributed by atoms with Crippen LogP contribution < -0.4 is 0 Å². The number of methoxy groups -OCH3 is 1. The van der Waals surface area contributed by atoms with Crippen LogP contribution in [0.1, 0.15) is 13.8 Å². The summed E-state index contributed by atoms with van der Waals surface area (Å²) in [4.78, 5) is 8.49. The summed E-state index contributed by atoms with van der Waals surface area (Å²) < 4.78 is 5.30. The predicted molar refractivity (Wildman–Crippen MR) is 60.8 cm³/mol. The largest absolute Gasteiger partial charge is 0.377 e.